The first-order valence-electron chi connectivity index (χ1n) is 5.52. The predicted molar refractivity (Wildman–Crippen MR) is 63.5 cm³/mol. The molecule has 106 valence electrons. The molecule has 0 aromatic heterocycles. The van der Waals surface area contributed by atoms with E-state index in [4.69, 9.17) is 5.11 Å². The first-order chi connectivity index (χ1) is 8.79. The molecule has 0 aliphatic carbocycles. The van der Waals surface area contributed by atoms with E-state index in [0.717, 1.165) is 5.56 Å². The van der Waals surface area contributed by atoms with Gasteiger partial charge in [0.15, 0.2) is 0 Å². The number of aromatic carboxylic acids is 1. The smallest absolute Gasteiger partial charge is 0.411 e. The van der Waals surface area contributed by atoms with Gasteiger partial charge >= 0.3 is 12.1 Å². The Balaban J connectivity index is 2.49. The van der Waals surface area contributed by atoms with E-state index >= 15 is 0 Å². The second-order valence-electron chi connectivity index (χ2n) is 3.95. The minimum atomic E-state index is -4.35. The Morgan fingerprint density at radius 1 is 1.42 bits per heavy atom. The molecule has 1 rings (SSSR count). The molecule has 0 aliphatic heterocycles. The molecule has 2 N–H and O–H groups in total. The molecule has 0 amide bonds. The van der Waals surface area contributed by atoms with Crippen molar-refractivity contribution in [2.24, 2.45) is 0 Å². The third-order valence-corrected chi connectivity index (χ3v) is 2.23. The molecule has 0 unspecified atom stereocenters. The highest BCUT2D eigenvalue weighted by molar-refractivity contribution is 5.94. The number of alkyl halides is 3. The minimum absolute atomic E-state index is 0.0708. The molecule has 19 heavy (non-hydrogen) atoms. The fourth-order valence-electron chi connectivity index (χ4n) is 1.44. The van der Waals surface area contributed by atoms with Gasteiger partial charge in [0, 0.05) is 12.2 Å². The summed E-state index contributed by atoms with van der Waals surface area (Å²) in [6, 6.07) is 4.71. The highest BCUT2D eigenvalue weighted by Crippen LogP contribution is 2.17. The Labute approximate surface area is 108 Å². The summed E-state index contributed by atoms with van der Waals surface area (Å²) in [6.45, 7) is 0.414. The van der Waals surface area contributed by atoms with Crippen LogP contribution in [0.5, 0.6) is 0 Å². The van der Waals surface area contributed by atoms with E-state index in [2.05, 4.69) is 10.1 Å². The van der Waals surface area contributed by atoms with Crippen LogP contribution in [0.2, 0.25) is 0 Å². The van der Waals surface area contributed by atoms with Crippen molar-refractivity contribution in [2.45, 2.75) is 13.1 Å². The molecular formula is C12H14F3NO3. The average Bonchev–Trinajstić information content (AvgIpc) is 2.26. The second-order valence-corrected chi connectivity index (χ2v) is 3.95. The van der Waals surface area contributed by atoms with Crippen LogP contribution in [0.4, 0.5) is 18.9 Å². The summed E-state index contributed by atoms with van der Waals surface area (Å²) in [5.41, 5.74) is 1.29. The topological polar surface area (TPSA) is 58.6 Å². The van der Waals surface area contributed by atoms with Crippen molar-refractivity contribution < 1.29 is 27.8 Å². The number of carboxylic acids is 1. The molecule has 0 atom stereocenters. The molecule has 0 bridgehead atoms. The molecule has 0 saturated heterocycles. The zero-order valence-electron chi connectivity index (χ0n) is 10.3. The van der Waals surface area contributed by atoms with E-state index in [1.807, 2.05) is 0 Å². The van der Waals surface area contributed by atoms with Crippen LogP contribution < -0.4 is 5.32 Å². The number of nitrogens with one attached hydrogen (secondary N) is 1. The van der Waals surface area contributed by atoms with Crippen molar-refractivity contribution in [2.75, 3.05) is 25.1 Å². The van der Waals surface area contributed by atoms with E-state index in [9.17, 15) is 18.0 Å². The van der Waals surface area contributed by atoms with E-state index in [0.29, 0.717) is 5.69 Å². The van der Waals surface area contributed by atoms with Crippen LogP contribution in [0.1, 0.15) is 15.9 Å². The number of aryl methyl sites for hydroxylation is 1. The summed E-state index contributed by atoms with van der Waals surface area (Å²) in [6.07, 6.45) is -4.35. The third-order valence-electron chi connectivity index (χ3n) is 2.23. The van der Waals surface area contributed by atoms with Crippen molar-refractivity contribution in [1.29, 1.82) is 0 Å². The molecular weight excluding hydrogens is 263 g/mol. The number of halogens is 3. The van der Waals surface area contributed by atoms with Gasteiger partial charge in [-0.1, -0.05) is 6.07 Å². The van der Waals surface area contributed by atoms with E-state index in [-0.39, 0.29) is 18.7 Å². The summed E-state index contributed by atoms with van der Waals surface area (Å²) in [5.74, 6) is -1.10. The molecule has 4 nitrogen and oxygen atoms in total. The van der Waals surface area contributed by atoms with Gasteiger partial charge < -0.3 is 15.2 Å². The first-order valence-corrected chi connectivity index (χ1v) is 5.52. The van der Waals surface area contributed by atoms with Crippen LogP contribution in [0, 0.1) is 6.92 Å². The van der Waals surface area contributed by atoms with E-state index in [1.165, 1.54) is 6.07 Å². The lowest BCUT2D eigenvalue weighted by molar-refractivity contribution is -0.172. The Hall–Kier alpha value is -1.76. The lowest BCUT2D eigenvalue weighted by Crippen LogP contribution is -2.20. The van der Waals surface area contributed by atoms with Gasteiger partial charge in [-0.3, -0.25) is 0 Å². The molecule has 0 saturated carbocycles. The summed E-state index contributed by atoms with van der Waals surface area (Å²) >= 11 is 0. The summed E-state index contributed by atoms with van der Waals surface area (Å²) < 4.78 is 39.8. The lowest BCUT2D eigenvalue weighted by Gasteiger charge is -2.11. The van der Waals surface area contributed by atoms with Gasteiger partial charge in [0.25, 0.3) is 0 Å². The number of carboxylic acid groups (broad SMARTS) is 1. The fourth-order valence-corrected chi connectivity index (χ4v) is 1.44. The van der Waals surface area contributed by atoms with Crippen molar-refractivity contribution in [3.05, 3.63) is 29.3 Å². The Kier molecular flexibility index (Phi) is 5.17. The predicted octanol–water partition coefficient (Wildman–Crippen LogP) is 2.68. The lowest BCUT2D eigenvalue weighted by atomic mass is 10.1. The number of rotatable bonds is 6. The van der Waals surface area contributed by atoms with Crippen LogP contribution >= 0.6 is 0 Å². The monoisotopic (exact) mass is 277 g/mol. The van der Waals surface area contributed by atoms with Gasteiger partial charge in [0.1, 0.15) is 6.61 Å². The van der Waals surface area contributed by atoms with Crippen LogP contribution in [-0.2, 0) is 4.74 Å². The highest BCUT2D eigenvalue weighted by atomic mass is 19.4. The van der Waals surface area contributed by atoms with Gasteiger partial charge in [-0.05, 0) is 24.6 Å². The van der Waals surface area contributed by atoms with Gasteiger partial charge in [-0.15, -0.1) is 0 Å². The number of hydrogen-bond acceptors (Lipinski definition) is 3. The van der Waals surface area contributed by atoms with Crippen molar-refractivity contribution in [3.8, 4) is 0 Å². The number of hydrogen-bond donors (Lipinski definition) is 2. The molecule has 7 heteroatoms. The SMILES string of the molecule is Cc1ccc(C(=O)O)c(NCCOCC(F)(F)F)c1. The highest BCUT2D eigenvalue weighted by Gasteiger charge is 2.27. The van der Waals surface area contributed by atoms with E-state index < -0.39 is 18.8 Å². The van der Waals surface area contributed by atoms with E-state index in [1.54, 1.807) is 19.1 Å². The van der Waals surface area contributed by atoms with Crippen molar-refractivity contribution >= 4 is 11.7 Å². The van der Waals surface area contributed by atoms with Gasteiger partial charge in [0.2, 0.25) is 0 Å². The number of anilines is 1. The minimum Gasteiger partial charge on any atom is -0.478 e. The zero-order valence-corrected chi connectivity index (χ0v) is 10.3. The second kappa shape index (κ2) is 6.42. The maximum Gasteiger partial charge on any atom is 0.411 e. The molecule has 0 aliphatic rings. The number of benzene rings is 1. The maximum atomic E-state index is 11.8. The van der Waals surface area contributed by atoms with Gasteiger partial charge in [0.05, 0.1) is 12.2 Å². The fraction of sp³-hybridized carbons (Fsp3) is 0.417. The normalized spacial score (nSPS) is 11.4. The first kappa shape index (κ1) is 15.3. The van der Waals surface area contributed by atoms with Crippen LogP contribution in [0.25, 0.3) is 0 Å². The van der Waals surface area contributed by atoms with Gasteiger partial charge in [-0.25, -0.2) is 4.79 Å². The van der Waals surface area contributed by atoms with Crippen molar-refractivity contribution in [3.63, 3.8) is 0 Å². The molecule has 0 spiro atoms. The summed E-state index contributed by atoms with van der Waals surface area (Å²) in [7, 11) is 0. The zero-order chi connectivity index (χ0) is 14.5. The summed E-state index contributed by atoms with van der Waals surface area (Å²) in [4.78, 5) is 10.9. The van der Waals surface area contributed by atoms with Crippen molar-refractivity contribution in [1.82, 2.24) is 0 Å². The molecule has 0 radical (unpaired) electrons. The van der Waals surface area contributed by atoms with Crippen LogP contribution in [-0.4, -0.2) is 37.0 Å². The Morgan fingerprint density at radius 2 is 2.11 bits per heavy atom. The standard InChI is InChI=1S/C12H14F3NO3/c1-8-2-3-9(11(17)18)10(6-8)16-4-5-19-7-12(13,14)15/h2-3,6,16H,4-5,7H2,1H3,(H,17,18). The summed E-state index contributed by atoms with van der Waals surface area (Å²) in [5, 5.41) is 11.7. The molecule has 0 fully saturated rings. The molecule has 1 aromatic rings. The van der Waals surface area contributed by atoms with Crippen LogP contribution in [0.3, 0.4) is 0 Å². The maximum absolute atomic E-state index is 11.8. The Bertz CT molecular complexity index is 446. The third kappa shape index (κ3) is 5.60. The average molecular weight is 277 g/mol. The van der Waals surface area contributed by atoms with Crippen LogP contribution in [0.15, 0.2) is 18.2 Å². The quantitative estimate of drug-likeness (QED) is 0.785. The van der Waals surface area contributed by atoms with Gasteiger partial charge in [-0.2, -0.15) is 13.2 Å². The Morgan fingerprint density at radius 3 is 2.68 bits per heavy atom. The number of carbonyl (C=O) groups is 1. The molecule has 0 heterocycles. The molecule has 1 aromatic carbocycles. The number of ether oxygens (including phenoxy) is 1. The largest absolute Gasteiger partial charge is 0.478 e.